The lowest BCUT2D eigenvalue weighted by molar-refractivity contribution is 0.613. The van der Waals surface area contributed by atoms with E-state index in [1.54, 1.807) is 36.8 Å². The van der Waals surface area contributed by atoms with Crippen LogP contribution in [0.2, 0.25) is 0 Å². The van der Waals surface area contributed by atoms with E-state index in [1.807, 2.05) is 30.1 Å². The molecule has 0 atom stereocenters. The molecular weight excluding hydrogens is 317 g/mol. The minimum atomic E-state index is -0.223. The van der Waals surface area contributed by atoms with Crippen LogP contribution in [-0.2, 0) is 13.0 Å². The van der Waals surface area contributed by atoms with Gasteiger partial charge in [0.2, 0.25) is 5.95 Å². The molecule has 0 aliphatic heterocycles. The summed E-state index contributed by atoms with van der Waals surface area (Å²) in [6.07, 6.45) is 6.17. The molecule has 0 aliphatic carbocycles. The Morgan fingerprint density at radius 2 is 1.84 bits per heavy atom. The van der Waals surface area contributed by atoms with Crippen molar-refractivity contribution in [3.05, 3.63) is 78.0 Å². The van der Waals surface area contributed by atoms with Gasteiger partial charge in [-0.2, -0.15) is 4.98 Å². The summed E-state index contributed by atoms with van der Waals surface area (Å²) in [6, 6.07) is 12.5. The highest BCUT2D eigenvalue weighted by atomic mass is 19.1. The monoisotopic (exact) mass is 337 g/mol. The van der Waals surface area contributed by atoms with E-state index in [9.17, 15) is 4.39 Å². The lowest BCUT2D eigenvalue weighted by Crippen LogP contribution is -2.23. The standard InChI is InChI=1S/C19H20FN5/c1-25(13-9-15-6-10-21-11-7-15)19-22-12-8-18(24-19)23-14-16-4-2-3-5-17(16)20/h2-8,10-12H,9,13-14H2,1H3,(H,22,23,24). The lowest BCUT2D eigenvalue weighted by atomic mass is 10.2. The van der Waals surface area contributed by atoms with Gasteiger partial charge in [0, 0.05) is 44.3 Å². The predicted octanol–water partition coefficient (Wildman–Crippen LogP) is 3.30. The van der Waals surface area contributed by atoms with E-state index in [-0.39, 0.29) is 5.82 Å². The predicted molar refractivity (Wildman–Crippen MR) is 97.0 cm³/mol. The molecule has 0 bridgehead atoms. The smallest absolute Gasteiger partial charge is 0.226 e. The van der Waals surface area contributed by atoms with Crippen molar-refractivity contribution in [3.63, 3.8) is 0 Å². The summed E-state index contributed by atoms with van der Waals surface area (Å²) < 4.78 is 13.7. The first-order valence-electron chi connectivity index (χ1n) is 8.13. The number of hydrogen-bond acceptors (Lipinski definition) is 5. The molecule has 2 heterocycles. The van der Waals surface area contributed by atoms with Crippen molar-refractivity contribution >= 4 is 11.8 Å². The molecule has 0 fully saturated rings. The van der Waals surface area contributed by atoms with Crippen LogP contribution in [0.1, 0.15) is 11.1 Å². The number of anilines is 2. The maximum Gasteiger partial charge on any atom is 0.226 e. The molecule has 0 aliphatic rings. The molecular formula is C19H20FN5. The second-order valence-corrected chi connectivity index (χ2v) is 5.71. The third-order valence-corrected chi connectivity index (χ3v) is 3.89. The first-order valence-corrected chi connectivity index (χ1v) is 8.13. The zero-order chi connectivity index (χ0) is 17.5. The number of pyridine rings is 1. The number of hydrogen-bond donors (Lipinski definition) is 1. The van der Waals surface area contributed by atoms with Gasteiger partial charge < -0.3 is 10.2 Å². The summed E-state index contributed by atoms with van der Waals surface area (Å²) in [5.74, 6) is 1.08. The fourth-order valence-electron chi connectivity index (χ4n) is 2.40. The van der Waals surface area contributed by atoms with Crippen molar-refractivity contribution in [1.29, 1.82) is 0 Å². The topological polar surface area (TPSA) is 53.9 Å². The lowest BCUT2D eigenvalue weighted by Gasteiger charge is -2.17. The SMILES string of the molecule is CN(CCc1ccncc1)c1nccc(NCc2ccccc2F)n1. The number of halogens is 1. The fourth-order valence-corrected chi connectivity index (χ4v) is 2.40. The molecule has 0 saturated carbocycles. The Balaban J connectivity index is 1.59. The van der Waals surface area contributed by atoms with Gasteiger partial charge in [-0.3, -0.25) is 4.98 Å². The number of benzene rings is 1. The molecule has 128 valence electrons. The molecule has 5 nitrogen and oxygen atoms in total. The van der Waals surface area contributed by atoms with Gasteiger partial charge in [-0.1, -0.05) is 18.2 Å². The summed E-state index contributed by atoms with van der Waals surface area (Å²) in [4.78, 5) is 14.8. The van der Waals surface area contributed by atoms with Crippen LogP contribution < -0.4 is 10.2 Å². The molecule has 3 rings (SSSR count). The molecule has 2 aromatic heterocycles. The molecule has 0 saturated heterocycles. The normalized spacial score (nSPS) is 10.5. The zero-order valence-corrected chi connectivity index (χ0v) is 14.1. The third kappa shape index (κ3) is 4.73. The van der Waals surface area contributed by atoms with Gasteiger partial charge in [-0.05, 0) is 36.2 Å². The van der Waals surface area contributed by atoms with Crippen molar-refractivity contribution in [2.24, 2.45) is 0 Å². The largest absolute Gasteiger partial charge is 0.366 e. The van der Waals surface area contributed by atoms with Crippen LogP contribution in [-0.4, -0.2) is 28.5 Å². The second kappa shape index (κ2) is 8.19. The minimum Gasteiger partial charge on any atom is -0.366 e. The Hall–Kier alpha value is -3.02. The number of nitrogens with one attached hydrogen (secondary N) is 1. The van der Waals surface area contributed by atoms with E-state index in [4.69, 9.17) is 0 Å². The Morgan fingerprint density at radius 1 is 1.04 bits per heavy atom. The van der Waals surface area contributed by atoms with Crippen LogP contribution in [0.15, 0.2) is 61.1 Å². The highest BCUT2D eigenvalue weighted by Gasteiger charge is 2.07. The van der Waals surface area contributed by atoms with Gasteiger partial charge in [0.05, 0.1) is 0 Å². The zero-order valence-electron chi connectivity index (χ0n) is 14.1. The van der Waals surface area contributed by atoms with Gasteiger partial charge in [0.15, 0.2) is 0 Å². The Kier molecular flexibility index (Phi) is 5.51. The van der Waals surface area contributed by atoms with E-state index < -0.39 is 0 Å². The van der Waals surface area contributed by atoms with Crippen molar-refractivity contribution in [1.82, 2.24) is 15.0 Å². The quantitative estimate of drug-likeness (QED) is 0.717. The molecule has 0 unspecified atom stereocenters. The van der Waals surface area contributed by atoms with Crippen LogP contribution in [0.25, 0.3) is 0 Å². The number of nitrogens with zero attached hydrogens (tertiary/aromatic N) is 4. The number of aromatic nitrogens is 3. The first-order chi connectivity index (χ1) is 12.2. The van der Waals surface area contributed by atoms with Crippen LogP contribution >= 0.6 is 0 Å². The first kappa shape index (κ1) is 16.8. The third-order valence-electron chi connectivity index (χ3n) is 3.89. The maximum absolute atomic E-state index is 13.7. The molecule has 1 aromatic carbocycles. The van der Waals surface area contributed by atoms with Crippen LogP contribution in [0.4, 0.5) is 16.2 Å². The summed E-state index contributed by atoms with van der Waals surface area (Å²) in [7, 11) is 1.96. The molecule has 0 spiro atoms. The average Bonchev–Trinajstić information content (AvgIpc) is 2.66. The highest BCUT2D eigenvalue weighted by Crippen LogP contribution is 2.13. The van der Waals surface area contributed by atoms with E-state index in [2.05, 4.69) is 20.3 Å². The molecule has 0 amide bonds. The van der Waals surface area contributed by atoms with Gasteiger partial charge in [0.1, 0.15) is 11.6 Å². The van der Waals surface area contributed by atoms with E-state index in [0.717, 1.165) is 13.0 Å². The van der Waals surface area contributed by atoms with Gasteiger partial charge in [-0.15, -0.1) is 0 Å². The van der Waals surface area contributed by atoms with Crippen LogP contribution in [0.5, 0.6) is 0 Å². The fraction of sp³-hybridized carbons (Fsp3) is 0.211. The van der Waals surface area contributed by atoms with Crippen molar-refractivity contribution < 1.29 is 4.39 Å². The van der Waals surface area contributed by atoms with Crippen LogP contribution in [0, 0.1) is 5.82 Å². The minimum absolute atomic E-state index is 0.223. The van der Waals surface area contributed by atoms with E-state index in [0.29, 0.717) is 23.9 Å². The number of likely N-dealkylation sites (N-methyl/N-ethyl adjacent to an activating group) is 1. The average molecular weight is 337 g/mol. The van der Waals surface area contributed by atoms with Crippen molar-refractivity contribution in [2.75, 3.05) is 23.8 Å². The Labute approximate surface area is 146 Å². The Bertz CT molecular complexity index is 810. The summed E-state index contributed by atoms with van der Waals surface area (Å²) >= 11 is 0. The van der Waals surface area contributed by atoms with Crippen molar-refractivity contribution in [3.8, 4) is 0 Å². The summed E-state index contributed by atoms with van der Waals surface area (Å²) in [5, 5.41) is 3.14. The molecule has 6 heteroatoms. The Morgan fingerprint density at radius 3 is 2.64 bits per heavy atom. The highest BCUT2D eigenvalue weighted by molar-refractivity contribution is 5.41. The van der Waals surface area contributed by atoms with Crippen molar-refractivity contribution in [2.45, 2.75) is 13.0 Å². The molecule has 1 N–H and O–H groups in total. The molecule has 0 radical (unpaired) electrons. The summed E-state index contributed by atoms with van der Waals surface area (Å²) in [5.41, 5.74) is 1.82. The number of rotatable bonds is 7. The van der Waals surface area contributed by atoms with Gasteiger partial charge in [-0.25, -0.2) is 9.37 Å². The van der Waals surface area contributed by atoms with Crippen LogP contribution in [0.3, 0.4) is 0 Å². The van der Waals surface area contributed by atoms with E-state index >= 15 is 0 Å². The summed E-state index contributed by atoms with van der Waals surface area (Å²) in [6.45, 7) is 1.17. The second-order valence-electron chi connectivity index (χ2n) is 5.71. The van der Waals surface area contributed by atoms with Gasteiger partial charge >= 0.3 is 0 Å². The van der Waals surface area contributed by atoms with Gasteiger partial charge in [0.25, 0.3) is 0 Å². The maximum atomic E-state index is 13.7. The molecule has 3 aromatic rings. The molecule has 25 heavy (non-hydrogen) atoms. The van der Waals surface area contributed by atoms with E-state index in [1.165, 1.54) is 11.6 Å².